The Morgan fingerprint density at radius 2 is 2.21 bits per heavy atom. The maximum absolute atomic E-state index is 13.4. The van der Waals surface area contributed by atoms with Crippen LogP contribution in [0.5, 0.6) is 0 Å². The predicted molar refractivity (Wildman–Crippen MR) is 77.5 cm³/mol. The highest BCUT2D eigenvalue weighted by Gasteiger charge is 2.47. The molecule has 1 amide bonds. The van der Waals surface area contributed by atoms with E-state index in [0.717, 1.165) is 17.5 Å². The summed E-state index contributed by atoms with van der Waals surface area (Å²) in [6.07, 6.45) is -1.53. The van der Waals surface area contributed by atoms with Crippen LogP contribution >= 0.6 is 0 Å². The number of carbonyl (C=O) groups excluding carboxylic acids is 1. The zero-order valence-corrected chi connectivity index (χ0v) is 12.5. The van der Waals surface area contributed by atoms with Gasteiger partial charge in [-0.25, -0.2) is 4.68 Å². The third kappa shape index (κ3) is 2.74. The molecule has 128 valence electrons. The second-order valence-electron chi connectivity index (χ2n) is 6.11. The zero-order valence-electron chi connectivity index (χ0n) is 12.5. The molecule has 6 nitrogen and oxygen atoms in total. The van der Waals surface area contributed by atoms with E-state index in [4.69, 9.17) is 4.42 Å². The Labute approximate surface area is 135 Å². The largest absolute Gasteiger partial charge is 0.467 e. The van der Waals surface area contributed by atoms with Crippen LogP contribution in [-0.4, -0.2) is 27.9 Å². The topological polar surface area (TPSA) is 72.1 Å². The average Bonchev–Trinajstić information content (AvgIpc) is 3.04. The number of fused-ring (bicyclic) bond motifs is 1. The number of nitrogens with one attached hydrogen (secondary N) is 2. The summed E-state index contributed by atoms with van der Waals surface area (Å²) in [4.78, 5) is 12.1. The first kappa shape index (κ1) is 15.1. The fourth-order valence-corrected chi connectivity index (χ4v) is 2.85. The van der Waals surface area contributed by atoms with Crippen LogP contribution in [0.15, 0.2) is 28.9 Å². The van der Waals surface area contributed by atoms with Crippen molar-refractivity contribution in [3.63, 3.8) is 0 Å². The molecule has 9 heteroatoms. The zero-order chi connectivity index (χ0) is 16.9. The summed E-state index contributed by atoms with van der Waals surface area (Å²) >= 11 is 0. The summed E-state index contributed by atoms with van der Waals surface area (Å²) in [5.41, 5.74) is -0.0151. The summed E-state index contributed by atoms with van der Waals surface area (Å²) in [6.45, 7) is 0. The molecule has 0 saturated heterocycles. The third-order valence-electron chi connectivity index (χ3n) is 4.22. The van der Waals surface area contributed by atoms with Gasteiger partial charge in [0.05, 0.1) is 12.3 Å². The van der Waals surface area contributed by atoms with Crippen molar-refractivity contribution in [3.05, 3.63) is 35.9 Å². The van der Waals surface area contributed by atoms with Gasteiger partial charge in [0.2, 0.25) is 0 Å². The van der Waals surface area contributed by atoms with Gasteiger partial charge < -0.3 is 15.1 Å². The van der Waals surface area contributed by atoms with E-state index in [0.29, 0.717) is 5.76 Å². The lowest BCUT2D eigenvalue weighted by atomic mass is 10.0. The van der Waals surface area contributed by atoms with Gasteiger partial charge in [-0.3, -0.25) is 4.79 Å². The van der Waals surface area contributed by atoms with Gasteiger partial charge in [0.25, 0.3) is 5.91 Å². The van der Waals surface area contributed by atoms with Gasteiger partial charge in [0.1, 0.15) is 11.6 Å². The molecular weight excluding hydrogens is 325 g/mol. The Hall–Kier alpha value is -2.45. The van der Waals surface area contributed by atoms with E-state index in [2.05, 4.69) is 15.7 Å². The van der Waals surface area contributed by atoms with Gasteiger partial charge in [0.15, 0.2) is 11.7 Å². The van der Waals surface area contributed by atoms with Gasteiger partial charge in [-0.15, -0.1) is 0 Å². The molecule has 0 radical (unpaired) electrons. The Morgan fingerprint density at radius 3 is 2.83 bits per heavy atom. The van der Waals surface area contributed by atoms with Gasteiger partial charge in [-0.05, 0) is 25.0 Å². The molecule has 3 heterocycles. The minimum Gasteiger partial charge on any atom is -0.467 e. The molecule has 1 aliphatic carbocycles. The third-order valence-corrected chi connectivity index (χ3v) is 4.22. The summed E-state index contributed by atoms with van der Waals surface area (Å²) in [7, 11) is 0. The number of carbonyl (C=O) groups is 1. The lowest BCUT2D eigenvalue weighted by Crippen LogP contribution is -2.35. The van der Waals surface area contributed by atoms with E-state index >= 15 is 0 Å². The Balaban J connectivity index is 1.66. The van der Waals surface area contributed by atoms with E-state index in [1.165, 1.54) is 12.3 Å². The number of hydrogen-bond donors (Lipinski definition) is 2. The van der Waals surface area contributed by atoms with E-state index < -0.39 is 24.2 Å². The van der Waals surface area contributed by atoms with Crippen molar-refractivity contribution in [1.82, 2.24) is 15.1 Å². The van der Waals surface area contributed by atoms with Crippen molar-refractivity contribution in [2.24, 2.45) is 0 Å². The van der Waals surface area contributed by atoms with Crippen LogP contribution in [0.2, 0.25) is 0 Å². The number of anilines is 1. The maximum Gasteiger partial charge on any atom is 0.410 e. The van der Waals surface area contributed by atoms with Gasteiger partial charge in [0, 0.05) is 18.5 Å². The highest BCUT2D eigenvalue weighted by atomic mass is 19.4. The predicted octanol–water partition coefficient (Wildman–Crippen LogP) is 3.03. The standard InChI is InChI=1S/C15H15F3N4O2/c16-15(17,18)12-6-9(11-2-1-5-24-11)20-13-7-10(21-22(12)13)14(23)19-8-3-4-8/h1-2,5,7-9,12,20H,3-4,6H2,(H,19,23)/t9-,12+/m1/s1. The number of halogens is 3. The van der Waals surface area contributed by atoms with E-state index in [1.54, 1.807) is 12.1 Å². The fourth-order valence-electron chi connectivity index (χ4n) is 2.85. The molecule has 2 aromatic rings. The van der Waals surface area contributed by atoms with E-state index in [-0.39, 0.29) is 24.0 Å². The van der Waals surface area contributed by atoms with E-state index in [1.807, 2.05) is 0 Å². The van der Waals surface area contributed by atoms with Crippen LogP contribution in [0.1, 0.15) is 47.6 Å². The average molecular weight is 340 g/mol. The molecule has 2 aromatic heterocycles. The van der Waals surface area contributed by atoms with Crippen molar-refractivity contribution in [2.45, 2.75) is 43.6 Å². The SMILES string of the molecule is O=C(NC1CC1)c1cc2n(n1)[C@H](C(F)(F)F)C[C@H](c1ccco1)N2. The Kier molecular flexibility index (Phi) is 3.33. The van der Waals surface area contributed by atoms with Crippen molar-refractivity contribution in [3.8, 4) is 0 Å². The minimum absolute atomic E-state index is 0.0151. The van der Waals surface area contributed by atoms with E-state index in [9.17, 15) is 18.0 Å². The monoisotopic (exact) mass is 340 g/mol. The minimum atomic E-state index is -4.47. The highest BCUT2D eigenvalue weighted by Crippen LogP contribution is 2.43. The van der Waals surface area contributed by atoms with Crippen molar-refractivity contribution in [1.29, 1.82) is 0 Å². The molecule has 1 saturated carbocycles. The Bertz CT molecular complexity index is 749. The molecule has 0 spiro atoms. The maximum atomic E-state index is 13.4. The van der Waals surface area contributed by atoms with Crippen LogP contribution in [-0.2, 0) is 0 Å². The number of hydrogen-bond acceptors (Lipinski definition) is 4. The fraction of sp³-hybridized carbons (Fsp3) is 0.467. The number of amides is 1. The molecule has 1 fully saturated rings. The smallest absolute Gasteiger partial charge is 0.410 e. The first-order valence-corrected chi connectivity index (χ1v) is 7.69. The molecule has 1 aliphatic heterocycles. The number of furan rings is 1. The quantitative estimate of drug-likeness (QED) is 0.901. The van der Waals surface area contributed by atoms with Crippen LogP contribution in [0, 0.1) is 0 Å². The van der Waals surface area contributed by atoms with Crippen LogP contribution in [0.25, 0.3) is 0 Å². The highest BCUT2D eigenvalue weighted by molar-refractivity contribution is 5.93. The van der Waals surface area contributed by atoms with Gasteiger partial charge in [-0.1, -0.05) is 0 Å². The van der Waals surface area contributed by atoms with Crippen molar-refractivity contribution >= 4 is 11.7 Å². The number of aromatic nitrogens is 2. The van der Waals surface area contributed by atoms with Crippen LogP contribution in [0.4, 0.5) is 19.0 Å². The first-order valence-electron chi connectivity index (χ1n) is 7.69. The molecule has 24 heavy (non-hydrogen) atoms. The number of rotatable bonds is 3. The molecule has 2 atom stereocenters. The molecule has 2 aliphatic rings. The molecule has 0 bridgehead atoms. The van der Waals surface area contributed by atoms with Gasteiger partial charge >= 0.3 is 6.18 Å². The lowest BCUT2D eigenvalue weighted by molar-refractivity contribution is -0.174. The first-order chi connectivity index (χ1) is 11.4. The van der Waals surface area contributed by atoms with Gasteiger partial charge in [-0.2, -0.15) is 18.3 Å². The Morgan fingerprint density at radius 1 is 1.42 bits per heavy atom. The molecular formula is C15H15F3N4O2. The second-order valence-corrected chi connectivity index (χ2v) is 6.11. The summed E-state index contributed by atoms with van der Waals surface area (Å²) in [6, 6.07) is 2.27. The van der Waals surface area contributed by atoms with Crippen LogP contribution in [0.3, 0.4) is 0 Å². The normalized spacial score (nSPS) is 23.5. The summed E-state index contributed by atoms with van der Waals surface area (Å²) < 4.78 is 46.4. The van der Waals surface area contributed by atoms with Crippen LogP contribution < -0.4 is 10.6 Å². The number of alkyl halides is 3. The lowest BCUT2D eigenvalue weighted by Gasteiger charge is -2.32. The van der Waals surface area contributed by atoms with Crippen molar-refractivity contribution < 1.29 is 22.4 Å². The van der Waals surface area contributed by atoms with Crippen molar-refractivity contribution in [2.75, 3.05) is 5.32 Å². The molecule has 4 rings (SSSR count). The summed E-state index contributed by atoms with van der Waals surface area (Å²) in [5.74, 6) is 0.128. The molecule has 2 N–H and O–H groups in total. The molecule has 0 unspecified atom stereocenters. The second kappa shape index (κ2) is 5.29. The summed E-state index contributed by atoms with van der Waals surface area (Å²) in [5, 5.41) is 9.59. The number of nitrogens with zero attached hydrogens (tertiary/aromatic N) is 2. The molecule has 0 aromatic carbocycles.